The molecule has 1 heterocycles. The Balaban J connectivity index is 2.17. The molecule has 0 radical (unpaired) electrons. The second kappa shape index (κ2) is 6.26. The topological polar surface area (TPSA) is 59.4 Å². The van der Waals surface area contributed by atoms with Crippen molar-refractivity contribution in [2.45, 2.75) is 39.2 Å². The summed E-state index contributed by atoms with van der Waals surface area (Å²) in [6, 6.07) is 9.52. The van der Waals surface area contributed by atoms with Crippen LogP contribution >= 0.6 is 11.3 Å². The maximum Gasteiger partial charge on any atom is 0.308 e. The number of ether oxygens (including phenoxy) is 1. The zero-order valence-corrected chi connectivity index (χ0v) is 13.2. The number of aliphatic carboxylic acids is 1. The SMILES string of the molecule is CC(C)(C)c1nc(COc2ccccc2)sc1CC(=O)O. The molecule has 0 fully saturated rings. The van der Waals surface area contributed by atoms with Crippen LogP contribution in [0.1, 0.15) is 36.3 Å². The molecule has 0 spiro atoms. The molecule has 0 saturated heterocycles. The van der Waals surface area contributed by atoms with Crippen molar-refractivity contribution in [3.05, 3.63) is 45.9 Å². The fourth-order valence-electron chi connectivity index (χ4n) is 1.97. The number of nitrogens with zero attached hydrogens (tertiary/aromatic N) is 1. The smallest absolute Gasteiger partial charge is 0.308 e. The molecule has 0 aliphatic rings. The molecular weight excluding hydrogens is 286 g/mol. The largest absolute Gasteiger partial charge is 0.486 e. The molecule has 0 aliphatic carbocycles. The van der Waals surface area contributed by atoms with Gasteiger partial charge in [-0.2, -0.15) is 0 Å². The molecule has 1 N–H and O–H groups in total. The first-order valence-electron chi connectivity index (χ1n) is 6.75. The lowest BCUT2D eigenvalue weighted by molar-refractivity contribution is -0.136. The number of para-hydroxylation sites is 1. The maximum atomic E-state index is 11.0. The number of rotatable bonds is 5. The van der Waals surface area contributed by atoms with E-state index in [2.05, 4.69) is 4.98 Å². The van der Waals surface area contributed by atoms with Gasteiger partial charge < -0.3 is 9.84 Å². The maximum absolute atomic E-state index is 11.0. The summed E-state index contributed by atoms with van der Waals surface area (Å²) in [5, 5.41) is 9.83. The molecule has 0 saturated carbocycles. The van der Waals surface area contributed by atoms with E-state index in [4.69, 9.17) is 9.84 Å². The Morgan fingerprint density at radius 2 is 1.95 bits per heavy atom. The van der Waals surface area contributed by atoms with Crippen molar-refractivity contribution in [3.63, 3.8) is 0 Å². The summed E-state index contributed by atoms with van der Waals surface area (Å²) in [6.45, 7) is 6.47. The van der Waals surface area contributed by atoms with E-state index in [0.717, 1.165) is 21.3 Å². The van der Waals surface area contributed by atoms with Crippen LogP contribution < -0.4 is 4.74 Å². The highest BCUT2D eigenvalue weighted by Gasteiger charge is 2.24. The van der Waals surface area contributed by atoms with Crippen LogP contribution in [0.4, 0.5) is 0 Å². The van der Waals surface area contributed by atoms with E-state index < -0.39 is 5.97 Å². The number of thiazole rings is 1. The van der Waals surface area contributed by atoms with Gasteiger partial charge in [-0.15, -0.1) is 11.3 Å². The van der Waals surface area contributed by atoms with Crippen LogP contribution in [0, 0.1) is 0 Å². The van der Waals surface area contributed by atoms with Gasteiger partial charge in [0.25, 0.3) is 0 Å². The molecule has 5 heteroatoms. The van der Waals surface area contributed by atoms with Crippen LogP contribution in [-0.4, -0.2) is 16.1 Å². The Bertz CT molecular complexity index is 614. The van der Waals surface area contributed by atoms with E-state index in [1.165, 1.54) is 11.3 Å². The number of carbonyl (C=O) groups is 1. The van der Waals surface area contributed by atoms with Gasteiger partial charge in [0.15, 0.2) is 0 Å². The van der Waals surface area contributed by atoms with Gasteiger partial charge in [-0.1, -0.05) is 39.0 Å². The number of carboxylic acids is 1. The predicted molar refractivity (Wildman–Crippen MR) is 82.9 cm³/mol. The van der Waals surface area contributed by atoms with Crippen LogP contribution in [-0.2, 0) is 23.2 Å². The fraction of sp³-hybridized carbons (Fsp3) is 0.375. The van der Waals surface area contributed by atoms with Crippen LogP contribution in [0.3, 0.4) is 0 Å². The number of hydrogen-bond donors (Lipinski definition) is 1. The summed E-state index contributed by atoms with van der Waals surface area (Å²) in [5.74, 6) is -0.0514. The third-order valence-corrected chi connectivity index (χ3v) is 3.90. The first kappa shape index (κ1) is 15.5. The van der Waals surface area contributed by atoms with Crippen molar-refractivity contribution < 1.29 is 14.6 Å². The van der Waals surface area contributed by atoms with Crippen molar-refractivity contribution in [2.24, 2.45) is 0 Å². The molecular formula is C16H19NO3S. The monoisotopic (exact) mass is 305 g/mol. The average Bonchev–Trinajstić information content (AvgIpc) is 2.80. The summed E-state index contributed by atoms with van der Waals surface area (Å²) in [7, 11) is 0. The molecule has 0 unspecified atom stereocenters. The Kier molecular flexibility index (Phi) is 4.63. The molecule has 4 nitrogen and oxygen atoms in total. The average molecular weight is 305 g/mol. The normalized spacial score (nSPS) is 11.4. The lowest BCUT2D eigenvalue weighted by Crippen LogP contribution is -2.15. The Morgan fingerprint density at radius 1 is 1.29 bits per heavy atom. The van der Waals surface area contributed by atoms with Crippen molar-refractivity contribution in [1.82, 2.24) is 4.98 Å². The first-order chi connectivity index (χ1) is 9.86. The second-order valence-corrected chi connectivity index (χ2v) is 6.97. The Hall–Kier alpha value is -1.88. The van der Waals surface area contributed by atoms with E-state index in [1.807, 2.05) is 51.1 Å². The van der Waals surface area contributed by atoms with E-state index in [9.17, 15) is 4.79 Å². The number of hydrogen-bond acceptors (Lipinski definition) is 4. The summed E-state index contributed by atoms with van der Waals surface area (Å²) in [5.41, 5.74) is 0.674. The van der Waals surface area contributed by atoms with Gasteiger partial charge >= 0.3 is 5.97 Å². The van der Waals surface area contributed by atoms with Crippen LogP contribution in [0.25, 0.3) is 0 Å². The highest BCUT2D eigenvalue weighted by atomic mass is 32.1. The Labute approximate surface area is 128 Å². The summed E-state index contributed by atoms with van der Waals surface area (Å²) in [6.07, 6.45) is 0.00953. The van der Waals surface area contributed by atoms with E-state index in [1.54, 1.807) is 0 Å². The molecule has 0 amide bonds. The number of carboxylic acid groups (broad SMARTS) is 1. The number of aromatic nitrogens is 1. The summed E-state index contributed by atoms with van der Waals surface area (Å²) in [4.78, 5) is 16.4. The van der Waals surface area contributed by atoms with E-state index >= 15 is 0 Å². The van der Waals surface area contributed by atoms with Crippen LogP contribution in [0.5, 0.6) is 5.75 Å². The molecule has 0 aliphatic heterocycles. The molecule has 0 bridgehead atoms. The van der Waals surface area contributed by atoms with Gasteiger partial charge in [-0.3, -0.25) is 4.79 Å². The zero-order valence-electron chi connectivity index (χ0n) is 12.4. The van der Waals surface area contributed by atoms with Gasteiger partial charge in [0.1, 0.15) is 17.4 Å². The van der Waals surface area contributed by atoms with Crippen molar-refractivity contribution in [1.29, 1.82) is 0 Å². The quantitative estimate of drug-likeness (QED) is 0.916. The van der Waals surface area contributed by atoms with Gasteiger partial charge in [0.05, 0.1) is 12.1 Å². The predicted octanol–water partition coefficient (Wildman–Crippen LogP) is 3.65. The minimum absolute atomic E-state index is 0.00953. The minimum Gasteiger partial charge on any atom is -0.486 e. The van der Waals surface area contributed by atoms with Gasteiger partial charge in [0, 0.05) is 10.3 Å². The molecule has 2 aromatic rings. The zero-order chi connectivity index (χ0) is 15.5. The van der Waals surface area contributed by atoms with Crippen molar-refractivity contribution in [3.8, 4) is 5.75 Å². The minimum atomic E-state index is -0.834. The van der Waals surface area contributed by atoms with E-state index in [0.29, 0.717) is 6.61 Å². The third kappa shape index (κ3) is 4.29. The first-order valence-corrected chi connectivity index (χ1v) is 7.56. The highest BCUT2D eigenvalue weighted by molar-refractivity contribution is 7.11. The van der Waals surface area contributed by atoms with Gasteiger partial charge in [-0.05, 0) is 12.1 Å². The molecule has 2 rings (SSSR count). The fourth-order valence-corrected chi connectivity index (χ4v) is 3.15. The summed E-state index contributed by atoms with van der Waals surface area (Å²) >= 11 is 1.42. The van der Waals surface area contributed by atoms with Crippen molar-refractivity contribution >= 4 is 17.3 Å². The third-order valence-electron chi connectivity index (χ3n) is 2.87. The standard InChI is InChI=1S/C16H19NO3S/c1-16(2,3)15-12(9-14(18)19)21-13(17-15)10-20-11-7-5-4-6-8-11/h4-8H,9-10H2,1-3H3,(H,18,19). The molecule has 21 heavy (non-hydrogen) atoms. The lowest BCUT2D eigenvalue weighted by atomic mass is 9.91. The highest BCUT2D eigenvalue weighted by Crippen LogP contribution is 2.30. The molecule has 112 valence electrons. The Morgan fingerprint density at radius 3 is 2.52 bits per heavy atom. The summed E-state index contributed by atoms with van der Waals surface area (Å²) < 4.78 is 5.68. The van der Waals surface area contributed by atoms with E-state index in [-0.39, 0.29) is 11.8 Å². The number of benzene rings is 1. The van der Waals surface area contributed by atoms with Gasteiger partial charge in [-0.25, -0.2) is 4.98 Å². The second-order valence-electron chi connectivity index (χ2n) is 5.80. The lowest BCUT2D eigenvalue weighted by Gasteiger charge is -2.16. The van der Waals surface area contributed by atoms with Crippen LogP contribution in [0.2, 0.25) is 0 Å². The molecule has 1 aromatic heterocycles. The molecule has 0 atom stereocenters. The van der Waals surface area contributed by atoms with Crippen LogP contribution in [0.15, 0.2) is 30.3 Å². The van der Waals surface area contributed by atoms with Crippen molar-refractivity contribution in [2.75, 3.05) is 0 Å². The van der Waals surface area contributed by atoms with Gasteiger partial charge in [0.2, 0.25) is 0 Å². The molecule has 1 aromatic carbocycles.